The minimum atomic E-state index is -4.94. The van der Waals surface area contributed by atoms with Crippen LogP contribution in [0.5, 0.6) is 0 Å². The SMILES string of the molecule is CCC(CC(F)(F)CC(F)(F)CC(C)(F)F)C(F)(F)F. The first-order valence-electron chi connectivity index (χ1n) is 5.78. The fraction of sp³-hybridized carbons (Fsp3) is 1.00. The quantitative estimate of drug-likeness (QED) is 0.530. The van der Waals surface area contributed by atoms with E-state index in [1.54, 1.807) is 0 Å². The fourth-order valence-corrected chi connectivity index (χ4v) is 1.82. The predicted octanol–water partition coefficient (Wildman–Crippen LogP) is 5.67. The van der Waals surface area contributed by atoms with E-state index in [1.807, 2.05) is 0 Å². The molecule has 20 heavy (non-hydrogen) atoms. The van der Waals surface area contributed by atoms with Gasteiger partial charge in [-0.1, -0.05) is 6.92 Å². The smallest absolute Gasteiger partial charge is 0.207 e. The van der Waals surface area contributed by atoms with Crippen LogP contribution >= 0.6 is 0 Å². The molecule has 0 saturated heterocycles. The highest BCUT2D eigenvalue weighted by molar-refractivity contribution is 4.84. The maximum absolute atomic E-state index is 13.2. The molecule has 122 valence electrons. The van der Waals surface area contributed by atoms with Gasteiger partial charge in [-0.05, 0) is 13.3 Å². The van der Waals surface area contributed by atoms with Crippen LogP contribution in [0.1, 0.15) is 39.5 Å². The van der Waals surface area contributed by atoms with Crippen molar-refractivity contribution in [2.45, 2.75) is 63.5 Å². The van der Waals surface area contributed by atoms with Crippen LogP contribution in [0.3, 0.4) is 0 Å². The highest BCUT2D eigenvalue weighted by Crippen LogP contribution is 2.43. The Labute approximate surface area is 110 Å². The molecule has 1 atom stereocenters. The largest absolute Gasteiger partial charge is 0.392 e. The topological polar surface area (TPSA) is 0 Å². The lowest BCUT2D eigenvalue weighted by Crippen LogP contribution is -2.37. The number of alkyl halides is 9. The third-order valence-electron chi connectivity index (χ3n) is 2.59. The maximum Gasteiger partial charge on any atom is 0.392 e. The third-order valence-corrected chi connectivity index (χ3v) is 2.59. The van der Waals surface area contributed by atoms with Crippen molar-refractivity contribution in [3.05, 3.63) is 0 Å². The zero-order valence-corrected chi connectivity index (χ0v) is 10.8. The number of rotatable bonds is 7. The Kier molecular flexibility index (Phi) is 5.82. The molecule has 0 saturated carbocycles. The molecule has 0 aromatic carbocycles. The summed E-state index contributed by atoms with van der Waals surface area (Å²) in [6.07, 6.45) is -11.9. The zero-order valence-electron chi connectivity index (χ0n) is 10.8. The van der Waals surface area contributed by atoms with E-state index in [-0.39, 0.29) is 6.92 Å². The van der Waals surface area contributed by atoms with Crippen molar-refractivity contribution >= 4 is 0 Å². The average molecular weight is 318 g/mol. The van der Waals surface area contributed by atoms with Crippen LogP contribution in [0.25, 0.3) is 0 Å². The van der Waals surface area contributed by atoms with Gasteiger partial charge in [-0.3, -0.25) is 0 Å². The van der Waals surface area contributed by atoms with Crippen LogP contribution in [0.2, 0.25) is 0 Å². The van der Waals surface area contributed by atoms with Gasteiger partial charge in [0.25, 0.3) is 17.8 Å². The molecule has 0 aromatic rings. The van der Waals surface area contributed by atoms with Crippen molar-refractivity contribution in [2.24, 2.45) is 5.92 Å². The molecule has 0 heterocycles. The molecule has 0 aliphatic carbocycles. The third kappa shape index (κ3) is 7.84. The molecular weight excluding hydrogens is 303 g/mol. The lowest BCUT2D eigenvalue weighted by atomic mass is 9.93. The summed E-state index contributed by atoms with van der Waals surface area (Å²) in [6.45, 7) is 1.12. The molecule has 0 amide bonds. The number of hydrogen-bond donors (Lipinski definition) is 0. The van der Waals surface area contributed by atoms with E-state index in [0.717, 1.165) is 6.92 Å². The first kappa shape index (κ1) is 19.4. The number of hydrogen-bond acceptors (Lipinski definition) is 0. The molecule has 0 aromatic heterocycles. The summed E-state index contributed by atoms with van der Waals surface area (Å²) in [6, 6.07) is 0. The number of halogens is 9. The molecule has 0 rings (SSSR count). The highest BCUT2D eigenvalue weighted by Gasteiger charge is 2.51. The van der Waals surface area contributed by atoms with Gasteiger partial charge in [0.05, 0.1) is 18.8 Å². The Balaban J connectivity index is 4.81. The summed E-state index contributed by atoms with van der Waals surface area (Å²) in [5.74, 6) is -15.1. The van der Waals surface area contributed by atoms with Gasteiger partial charge in [-0.25, -0.2) is 26.3 Å². The van der Waals surface area contributed by atoms with Crippen LogP contribution in [-0.4, -0.2) is 23.9 Å². The molecule has 0 aliphatic heterocycles. The van der Waals surface area contributed by atoms with E-state index in [2.05, 4.69) is 0 Å². The Morgan fingerprint density at radius 3 is 1.50 bits per heavy atom. The van der Waals surface area contributed by atoms with Crippen molar-refractivity contribution in [2.75, 3.05) is 0 Å². The van der Waals surface area contributed by atoms with Gasteiger partial charge in [0.15, 0.2) is 0 Å². The minimum Gasteiger partial charge on any atom is -0.207 e. The van der Waals surface area contributed by atoms with Gasteiger partial charge in [-0.2, -0.15) is 13.2 Å². The zero-order chi connectivity index (χ0) is 16.4. The van der Waals surface area contributed by atoms with E-state index in [0.29, 0.717) is 0 Å². The molecule has 9 heteroatoms. The monoisotopic (exact) mass is 318 g/mol. The van der Waals surface area contributed by atoms with Crippen molar-refractivity contribution in [3.63, 3.8) is 0 Å². The van der Waals surface area contributed by atoms with Crippen molar-refractivity contribution in [3.8, 4) is 0 Å². The minimum absolute atomic E-state index is 0.129. The van der Waals surface area contributed by atoms with Crippen molar-refractivity contribution in [1.29, 1.82) is 0 Å². The lowest BCUT2D eigenvalue weighted by molar-refractivity contribution is -0.208. The Bertz CT molecular complexity index is 300. The summed E-state index contributed by atoms with van der Waals surface area (Å²) in [4.78, 5) is 0. The van der Waals surface area contributed by atoms with Crippen LogP contribution < -0.4 is 0 Å². The Morgan fingerprint density at radius 2 is 1.20 bits per heavy atom. The summed E-state index contributed by atoms with van der Waals surface area (Å²) >= 11 is 0. The molecule has 0 radical (unpaired) electrons. The second-order valence-electron chi connectivity index (χ2n) is 4.99. The molecule has 0 N–H and O–H groups in total. The lowest BCUT2D eigenvalue weighted by Gasteiger charge is -2.28. The van der Waals surface area contributed by atoms with Gasteiger partial charge in [0.2, 0.25) is 0 Å². The van der Waals surface area contributed by atoms with E-state index >= 15 is 0 Å². The molecule has 0 aliphatic rings. The molecule has 0 nitrogen and oxygen atoms in total. The van der Waals surface area contributed by atoms with Crippen LogP contribution in [-0.2, 0) is 0 Å². The molecule has 1 unspecified atom stereocenters. The van der Waals surface area contributed by atoms with Gasteiger partial charge in [0.1, 0.15) is 0 Å². The first-order valence-corrected chi connectivity index (χ1v) is 5.78. The summed E-state index contributed by atoms with van der Waals surface area (Å²) in [7, 11) is 0. The first-order chi connectivity index (χ1) is 8.58. The van der Waals surface area contributed by atoms with E-state index < -0.39 is 55.5 Å². The molecule has 0 fully saturated rings. The van der Waals surface area contributed by atoms with E-state index in [9.17, 15) is 39.5 Å². The van der Waals surface area contributed by atoms with Crippen LogP contribution in [0.15, 0.2) is 0 Å². The molecule has 0 spiro atoms. The standard InChI is InChI=1S/C11H15F9/c1-3-7(11(18,19)20)4-9(14,15)6-10(16,17)5-8(2,12)13/h7H,3-6H2,1-2H3. The van der Waals surface area contributed by atoms with E-state index in [1.165, 1.54) is 0 Å². The molecule has 0 bridgehead atoms. The summed E-state index contributed by atoms with van der Waals surface area (Å²) in [5, 5.41) is 0. The van der Waals surface area contributed by atoms with Crippen molar-refractivity contribution in [1.82, 2.24) is 0 Å². The van der Waals surface area contributed by atoms with Crippen LogP contribution in [0.4, 0.5) is 39.5 Å². The Morgan fingerprint density at radius 1 is 0.750 bits per heavy atom. The molecular formula is C11H15F9. The second kappa shape index (κ2) is 6.01. The Hall–Kier alpha value is -0.630. The maximum atomic E-state index is 13.2. The average Bonchev–Trinajstić information content (AvgIpc) is 2.05. The van der Waals surface area contributed by atoms with Gasteiger partial charge < -0.3 is 0 Å². The van der Waals surface area contributed by atoms with Gasteiger partial charge in [-0.15, -0.1) is 0 Å². The van der Waals surface area contributed by atoms with Crippen molar-refractivity contribution < 1.29 is 39.5 Å². The van der Waals surface area contributed by atoms with Crippen LogP contribution in [0, 0.1) is 5.92 Å². The fourth-order valence-electron chi connectivity index (χ4n) is 1.82. The van der Waals surface area contributed by atoms with E-state index in [4.69, 9.17) is 0 Å². The normalized spacial score (nSPS) is 16.4. The van der Waals surface area contributed by atoms with Gasteiger partial charge in [0, 0.05) is 6.42 Å². The highest BCUT2D eigenvalue weighted by atomic mass is 19.4. The summed E-state index contributed by atoms with van der Waals surface area (Å²) < 4.78 is 114. The predicted molar refractivity (Wildman–Crippen MR) is 54.2 cm³/mol. The summed E-state index contributed by atoms with van der Waals surface area (Å²) in [5.41, 5.74) is 0. The van der Waals surface area contributed by atoms with Gasteiger partial charge >= 0.3 is 6.18 Å². The second-order valence-corrected chi connectivity index (χ2v) is 4.99.